The first-order valence-corrected chi connectivity index (χ1v) is 7.29. The Labute approximate surface area is 106 Å². The zero-order valence-corrected chi connectivity index (χ0v) is 11.6. The maximum absolute atomic E-state index is 5.79. The standard InChI is InChI=1S/C14H28N2O/c1-4-12-9-16(10-13-6-5-7-17-13)14(8-15-12)11(2)3/h11-15H,4-10H2,1-3H3. The van der Waals surface area contributed by atoms with Gasteiger partial charge in [-0.05, 0) is 25.2 Å². The van der Waals surface area contributed by atoms with Crippen LogP contribution >= 0.6 is 0 Å². The molecule has 0 radical (unpaired) electrons. The predicted molar refractivity (Wildman–Crippen MR) is 71.3 cm³/mol. The van der Waals surface area contributed by atoms with Crippen molar-refractivity contribution in [3.05, 3.63) is 0 Å². The molecular formula is C14H28N2O. The summed E-state index contributed by atoms with van der Waals surface area (Å²) in [6.45, 7) is 11.4. The first kappa shape index (κ1) is 13.3. The van der Waals surface area contributed by atoms with Gasteiger partial charge in [0.05, 0.1) is 6.10 Å². The monoisotopic (exact) mass is 240 g/mol. The molecule has 2 rings (SSSR count). The number of piperazine rings is 1. The van der Waals surface area contributed by atoms with E-state index in [9.17, 15) is 0 Å². The summed E-state index contributed by atoms with van der Waals surface area (Å²) in [5.41, 5.74) is 0. The van der Waals surface area contributed by atoms with Crippen LogP contribution in [0, 0.1) is 5.92 Å². The van der Waals surface area contributed by atoms with Gasteiger partial charge in [-0.2, -0.15) is 0 Å². The van der Waals surface area contributed by atoms with Crippen LogP contribution in [0.2, 0.25) is 0 Å². The third-order valence-corrected chi connectivity index (χ3v) is 4.26. The normalized spacial score (nSPS) is 35.6. The van der Waals surface area contributed by atoms with Gasteiger partial charge < -0.3 is 10.1 Å². The highest BCUT2D eigenvalue weighted by atomic mass is 16.5. The third kappa shape index (κ3) is 3.43. The molecule has 0 amide bonds. The summed E-state index contributed by atoms with van der Waals surface area (Å²) in [5.74, 6) is 0.724. The Morgan fingerprint density at radius 1 is 1.41 bits per heavy atom. The highest BCUT2D eigenvalue weighted by molar-refractivity contribution is 4.88. The van der Waals surface area contributed by atoms with Gasteiger partial charge in [-0.15, -0.1) is 0 Å². The van der Waals surface area contributed by atoms with Crippen LogP contribution < -0.4 is 5.32 Å². The van der Waals surface area contributed by atoms with Gasteiger partial charge in [-0.1, -0.05) is 20.8 Å². The summed E-state index contributed by atoms with van der Waals surface area (Å²) >= 11 is 0. The van der Waals surface area contributed by atoms with Crippen molar-refractivity contribution in [2.45, 2.75) is 58.2 Å². The van der Waals surface area contributed by atoms with Crippen LogP contribution in [0.5, 0.6) is 0 Å². The molecule has 2 heterocycles. The molecule has 3 atom stereocenters. The van der Waals surface area contributed by atoms with E-state index < -0.39 is 0 Å². The molecule has 2 saturated heterocycles. The fourth-order valence-electron chi connectivity index (χ4n) is 3.09. The van der Waals surface area contributed by atoms with Crippen molar-refractivity contribution in [1.82, 2.24) is 10.2 Å². The summed E-state index contributed by atoms with van der Waals surface area (Å²) in [4.78, 5) is 2.67. The summed E-state index contributed by atoms with van der Waals surface area (Å²) in [6.07, 6.45) is 4.23. The first-order valence-electron chi connectivity index (χ1n) is 7.29. The van der Waals surface area contributed by atoms with Crippen molar-refractivity contribution in [2.75, 3.05) is 26.2 Å². The highest BCUT2D eigenvalue weighted by Gasteiger charge is 2.31. The van der Waals surface area contributed by atoms with Crippen LogP contribution in [0.25, 0.3) is 0 Å². The number of hydrogen-bond acceptors (Lipinski definition) is 3. The van der Waals surface area contributed by atoms with Gasteiger partial charge in [-0.3, -0.25) is 4.90 Å². The number of nitrogens with one attached hydrogen (secondary N) is 1. The molecule has 1 N–H and O–H groups in total. The molecule has 17 heavy (non-hydrogen) atoms. The first-order chi connectivity index (χ1) is 8.20. The van der Waals surface area contributed by atoms with E-state index >= 15 is 0 Å². The van der Waals surface area contributed by atoms with Crippen molar-refractivity contribution >= 4 is 0 Å². The molecule has 0 aromatic carbocycles. The average molecular weight is 240 g/mol. The van der Waals surface area contributed by atoms with Crippen molar-refractivity contribution in [2.24, 2.45) is 5.92 Å². The second kappa shape index (κ2) is 6.17. The van der Waals surface area contributed by atoms with Crippen molar-refractivity contribution in [3.8, 4) is 0 Å². The Bertz CT molecular complexity index is 226. The number of nitrogens with zero attached hydrogens (tertiary/aromatic N) is 1. The minimum absolute atomic E-state index is 0.492. The van der Waals surface area contributed by atoms with Crippen LogP contribution in [0.4, 0.5) is 0 Å². The number of hydrogen-bond donors (Lipinski definition) is 1. The lowest BCUT2D eigenvalue weighted by atomic mass is 9.97. The molecule has 2 aliphatic heterocycles. The maximum Gasteiger partial charge on any atom is 0.0702 e. The lowest BCUT2D eigenvalue weighted by Gasteiger charge is -2.43. The number of ether oxygens (including phenoxy) is 1. The van der Waals surface area contributed by atoms with Crippen LogP contribution in [0.1, 0.15) is 40.0 Å². The van der Waals surface area contributed by atoms with Crippen molar-refractivity contribution < 1.29 is 4.74 Å². The Kier molecular flexibility index (Phi) is 4.83. The van der Waals surface area contributed by atoms with Crippen LogP contribution in [-0.2, 0) is 4.74 Å². The van der Waals surface area contributed by atoms with E-state index in [0.29, 0.717) is 18.2 Å². The lowest BCUT2D eigenvalue weighted by Crippen LogP contribution is -2.59. The highest BCUT2D eigenvalue weighted by Crippen LogP contribution is 2.20. The minimum atomic E-state index is 0.492. The SMILES string of the molecule is CCC1CN(CC2CCCO2)C(C(C)C)CN1. The van der Waals surface area contributed by atoms with Crippen molar-refractivity contribution in [3.63, 3.8) is 0 Å². The van der Waals surface area contributed by atoms with E-state index in [0.717, 1.165) is 25.6 Å². The molecule has 0 aliphatic carbocycles. The maximum atomic E-state index is 5.79. The van der Waals surface area contributed by atoms with Crippen LogP contribution in [0.3, 0.4) is 0 Å². The molecule has 0 saturated carbocycles. The molecular weight excluding hydrogens is 212 g/mol. The van der Waals surface area contributed by atoms with E-state index in [-0.39, 0.29) is 0 Å². The Hall–Kier alpha value is -0.120. The van der Waals surface area contributed by atoms with Gasteiger partial charge in [0.15, 0.2) is 0 Å². The van der Waals surface area contributed by atoms with E-state index in [2.05, 4.69) is 31.0 Å². The van der Waals surface area contributed by atoms with Gasteiger partial charge in [0.25, 0.3) is 0 Å². The third-order valence-electron chi connectivity index (χ3n) is 4.26. The van der Waals surface area contributed by atoms with Crippen molar-refractivity contribution in [1.29, 1.82) is 0 Å². The summed E-state index contributed by atoms with van der Waals surface area (Å²) in [6, 6.07) is 1.36. The zero-order valence-electron chi connectivity index (χ0n) is 11.6. The summed E-state index contributed by atoms with van der Waals surface area (Å²) in [7, 11) is 0. The Morgan fingerprint density at radius 3 is 2.82 bits per heavy atom. The van der Waals surface area contributed by atoms with E-state index in [1.54, 1.807) is 0 Å². The fourth-order valence-corrected chi connectivity index (χ4v) is 3.09. The molecule has 2 aliphatic rings. The molecule has 3 nitrogen and oxygen atoms in total. The molecule has 0 aromatic heterocycles. The minimum Gasteiger partial charge on any atom is -0.377 e. The Balaban J connectivity index is 1.92. The van der Waals surface area contributed by atoms with E-state index in [4.69, 9.17) is 4.74 Å². The quantitative estimate of drug-likeness (QED) is 0.812. The smallest absolute Gasteiger partial charge is 0.0702 e. The largest absolute Gasteiger partial charge is 0.377 e. The lowest BCUT2D eigenvalue weighted by molar-refractivity contribution is 0.0266. The zero-order chi connectivity index (χ0) is 12.3. The van der Waals surface area contributed by atoms with Gasteiger partial charge in [0, 0.05) is 38.3 Å². The van der Waals surface area contributed by atoms with Gasteiger partial charge in [0.2, 0.25) is 0 Å². The van der Waals surface area contributed by atoms with Crippen LogP contribution in [0.15, 0.2) is 0 Å². The molecule has 100 valence electrons. The molecule has 3 unspecified atom stereocenters. The molecule has 2 fully saturated rings. The number of rotatable bonds is 4. The summed E-state index contributed by atoms with van der Waals surface area (Å²) in [5, 5.41) is 3.67. The molecule has 0 bridgehead atoms. The van der Waals surface area contributed by atoms with Gasteiger partial charge in [-0.25, -0.2) is 0 Å². The molecule has 0 aromatic rings. The second-order valence-corrected chi connectivity index (χ2v) is 5.91. The van der Waals surface area contributed by atoms with E-state index in [1.807, 2.05) is 0 Å². The molecule has 3 heteroatoms. The van der Waals surface area contributed by atoms with Crippen LogP contribution in [-0.4, -0.2) is 49.3 Å². The fraction of sp³-hybridized carbons (Fsp3) is 1.00. The topological polar surface area (TPSA) is 24.5 Å². The van der Waals surface area contributed by atoms with E-state index in [1.165, 1.54) is 25.8 Å². The summed E-state index contributed by atoms with van der Waals surface area (Å²) < 4.78 is 5.79. The predicted octanol–water partition coefficient (Wildman–Crippen LogP) is 1.87. The second-order valence-electron chi connectivity index (χ2n) is 5.91. The van der Waals surface area contributed by atoms with Gasteiger partial charge >= 0.3 is 0 Å². The molecule has 0 spiro atoms. The Morgan fingerprint density at radius 2 is 2.24 bits per heavy atom. The average Bonchev–Trinajstić information content (AvgIpc) is 2.81. The van der Waals surface area contributed by atoms with Gasteiger partial charge in [0.1, 0.15) is 0 Å².